The zero-order valence-corrected chi connectivity index (χ0v) is 18.6. The monoisotopic (exact) mass is 492 g/mol. The van der Waals surface area contributed by atoms with Crippen LogP contribution in [0.5, 0.6) is 0 Å². The first-order valence-electron chi connectivity index (χ1n) is 10.4. The van der Waals surface area contributed by atoms with Gasteiger partial charge < -0.3 is 20.3 Å². The first kappa shape index (κ1) is 23.6. The van der Waals surface area contributed by atoms with Crippen molar-refractivity contribution < 1.29 is 31.9 Å². The molecule has 2 atom stereocenters. The number of fused-ring (bicyclic) bond motifs is 1. The molecule has 0 radical (unpaired) electrons. The number of likely N-dealkylation sites (tertiary alicyclic amines) is 1. The van der Waals surface area contributed by atoms with Crippen LogP contribution in [0.1, 0.15) is 6.42 Å². The van der Waals surface area contributed by atoms with Crippen LogP contribution in [0.15, 0.2) is 53.6 Å². The topological polar surface area (TPSA) is 132 Å². The number of nitrogens with zero attached hydrogens (tertiary/aromatic N) is 1. The molecule has 9 nitrogen and oxygen atoms in total. The van der Waals surface area contributed by atoms with Gasteiger partial charge in [-0.05, 0) is 35.9 Å². The van der Waals surface area contributed by atoms with Crippen molar-refractivity contribution in [3.8, 4) is 11.1 Å². The van der Waals surface area contributed by atoms with Crippen molar-refractivity contribution >= 4 is 32.9 Å². The minimum atomic E-state index is -3.89. The molecular weight excluding hydrogens is 470 g/mol. The smallest absolute Gasteiger partial charge is 0.405 e. The fourth-order valence-corrected chi connectivity index (χ4v) is 4.98. The molecular formula is C22H22F2N4O5S. The van der Waals surface area contributed by atoms with Crippen LogP contribution in [-0.4, -0.2) is 67.3 Å². The van der Waals surface area contributed by atoms with Gasteiger partial charge in [-0.1, -0.05) is 12.1 Å². The SMILES string of the molecule is O=C(O)N[C@@H]1CN(C(=O)CCNS(=O)(=O)c2ccc(-c3c[nH]c4cc(F)ccc34)cc2)C[C@H]1F. The van der Waals surface area contributed by atoms with E-state index in [2.05, 4.69) is 9.71 Å². The Morgan fingerprint density at radius 2 is 1.88 bits per heavy atom. The standard InChI is InChI=1S/C22H22F2N4O5S/c23-14-3-6-16-17(10-25-19(16)9-14)13-1-4-15(5-2-13)34(32,33)26-8-7-21(29)28-11-18(24)20(12-28)27-22(30)31/h1-6,9-10,18,20,25-27H,7-8,11-12H2,(H,30,31)/t18-,20-/m1/s1. The predicted molar refractivity (Wildman–Crippen MR) is 120 cm³/mol. The van der Waals surface area contributed by atoms with Gasteiger partial charge >= 0.3 is 6.09 Å². The molecule has 2 amide bonds. The maximum absolute atomic E-state index is 13.9. The molecule has 180 valence electrons. The molecule has 34 heavy (non-hydrogen) atoms. The van der Waals surface area contributed by atoms with Crippen LogP contribution in [-0.2, 0) is 14.8 Å². The number of H-pyrrole nitrogens is 1. The number of carbonyl (C=O) groups excluding carboxylic acids is 1. The fraction of sp³-hybridized carbons (Fsp3) is 0.273. The minimum Gasteiger partial charge on any atom is -0.465 e. The van der Waals surface area contributed by atoms with Gasteiger partial charge in [-0.25, -0.2) is 26.7 Å². The number of amides is 2. The number of benzene rings is 2. The van der Waals surface area contributed by atoms with Crippen molar-refractivity contribution in [1.29, 1.82) is 0 Å². The summed E-state index contributed by atoms with van der Waals surface area (Å²) in [4.78, 5) is 27.1. The summed E-state index contributed by atoms with van der Waals surface area (Å²) in [5, 5.41) is 11.5. The van der Waals surface area contributed by atoms with Gasteiger partial charge in [0.25, 0.3) is 0 Å². The van der Waals surface area contributed by atoms with Gasteiger partial charge in [-0.2, -0.15) is 0 Å². The molecule has 0 saturated carbocycles. The maximum atomic E-state index is 13.9. The summed E-state index contributed by atoms with van der Waals surface area (Å²) in [5.41, 5.74) is 2.16. The predicted octanol–water partition coefficient (Wildman–Crippen LogP) is 2.46. The Bertz CT molecular complexity index is 1330. The molecule has 1 aliphatic rings. The summed E-state index contributed by atoms with van der Waals surface area (Å²) < 4.78 is 54.8. The molecule has 12 heteroatoms. The quantitative estimate of drug-likeness (QED) is 0.402. The van der Waals surface area contributed by atoms with Crippen molar-refractivity contribution in [3.63, 3.8) is 0 Å². The highest BCUT2D eigenvalue weighted by molar-refractivity contribution is 7.89. The summed E-state index contributed by atoms with van der Waals surface area (Å²) in [5.74, 6) is -0.843. The summed E-state index contributed by atoms with van der Waals surface area (Å²) >= 11 is 0. The Hall–Kier alpha value is -3.51. The van der Waals surface area contributed by atoms with Crippen molar-refractivity contribution in [2.24, 2.45) is 0 Å². The third-order valence-electron chi connectivity index (χ3n) is 5.66. The molecule has 2 aromatic carbocycles. The number of sulfonamides is 1. The largest absolute Gasteiger partial charge is 0.465 e. The average Bonchev–Trinajstić information content (AvgIpc) is 3.36. The number of aromatic nitrogens is 1. The number of carboxylic acid groups (broad SMARTS) is 1. The van der Waals surface area contributed by atoms with E-state index in [1.807, 2.05) is 5.32 Å². The highest BCUT2D eigenvalue weighted by atomic mass is 32.2. The number of hydrogen-bond donors (Lipinski definition) is 4. The molecule has 1 fully saturated rings. The molecule has 1 saturated heterocycles. The van der Waals surface area contributed by atoms with Gasteiger partial charge in [0.2, 0.25) is 15.9 Å². The van der Waals surface area contributed by atoms with Crippen molar-refractivity contribution in [2.75, 3.05) is 19.6 Å². The van der Waals surface area contributed by atoms with E-state index in [1.165, 1.54) is 29.2 Å². The molecule has 0 unspecified atom stereocenters. The van der Waals surface area contributed by atoms with E-state index in [1.54, 1.807) is 24.4 Å². The molecule has 2 heterocycles. The van der Waals surface area contributed by atoms with Crippen LogP contribution < -0.4 is 10.0 Å². The van der Waals surface area contributed by atoms with Gasteiger partial charge in [-0.15, -0.1) is 0 Å². The Morgan fingerprint density at radius 3 is 2.59 bits per heavy atom. The lowest BCUT2D eigenvalue weighted by atomic mass is 10.1. The minimum absolute atomic E-state index is 0.00491. The second kappa shape index (κ2) is 9.39. The van der Waals surface area contributed by atoms with Crippen molar-refractivity contribution in [2.45, 2.75) is 23.5 Å². The second-order valence-corrected chi connectivity index (χ2v) is 9.70. The molecule has 1 aliphatic heterocycles. The number of hydrogen-bond acceptors (Lipinski definition) is 4. The van der Waals surface area contributed by atoms with E-state index in [4.69, 9.17) is 5.11 Å². The van der Waals surface area contributed by atoms with Gasteiger partial charge in [0.05, 0.1) is 17.5 Å². The van der Waals surface area contributed by atoms with Gasteiger partial charge in [-0.3, -0.25) is 4.79 Å². The molecule has 4 N–H and O–H groups in total. The Morgan fingerprint density at radius 1 is 1.15 bits per heavy atom. The van der Waals surface area contributed by atoms with E-state index >= 15 is 0 Å². The number of alkyl halides is 1. The van der Waals surface area contributed by atoms with Crippen LogP contribution in [0.2, 0.25) is 0 Å². The summed E-state index contributed by atoms with van der Waals surface area (Å²) in [6, 6.07) is 9.48. The number of halogens is 2. The molecule has 0 aliphatic carbocycles. The highest BCUT2D eigenvalue weighted by Gasteiger charge is 2.36. The fourth-order valence-electron chi connectivity index (χ4n) is 3.95. The number of rotatable bonds is 7. The Kier molecular flexibility index (Phi) is 6.53. The maximum Gasteiger partial charge on any atom is 0.405 e. The third-order valence-corrected chi connectivity index (χ3v) is 7.14. The lowest BCUT2D eigenvalue weighted by Gasteiger charge is -2.16. The summed E-state index contributed by atoms with van der Waals surface area (Å²) in [6.45, 7) is -0.555. The lowest BCUT2D eigenvalue weighted by Crippen LogP contribution is -2.41. The van der Waals surface area contributed by atoms with Crippen LogP contribution in [0.4, 0.5) is 13.6 Å². The van der Waals surface area contributed by atoms with E-state index in [0.717, 1.165) is 16.5 Å². The van der Waals surface area contributed by atoms with Gasteiger partial charge in [0.15, 0.2) is 0 Å². The van der Waals surface area contributed by atoms with E-state index < -0.39 is 34.2 Å². The van der Waals surface area contributed by atoms with Crippen LogP contribution in [0.25, 0.3) is 22.0 Å². The average molecular weight is 493 g/mol. The highest BCUT2D eigenvalue weighted by Crippen LogP contribution is 2.29. The summed E-state index contributed by atoms with van der Waals surface area (Å²) in [7, 11) is -3.89. The van der Waals surface area contributed by atoms with Crippen LogP contribution in [0, 0.1) is 5.82 Å². The Balaban J connectivity index is 1.35. The zero-order chi connectivity index (χ0) is 24.5. The zero-order valence-electron chi connectivity index (χ0n) is 17.8. The van der Waals surface area contributed by atoms with Gasteiger partial charge in [0.1, 0.15) is 12.0 Å². The van der Waals surface area contributed by atoms with E-state index in [0.29, 0.717) is 5.52 Å². The number of nitrogens with one attached hydrogen (secondary N) is 3. The molecule has 0 bridgehead atoms. The molecule has 0 spiro atoms. The van der Waals surface area contributed by atoms with E-state index in [-0.39, 0.29) is 36.8 Å². The van der Waals surface area contributed by atoms with Crippen LogP contribution >= 0.6 is 0 Å². The second-order valence-electron chi connectivity index (χ2n) is 7.94. The first-order valence-corrected chi connectivity index (χ1v) is 11.9. The van der Waals surface area contributed by atoms with Crippen LogP contribution in [0.3, 0.4) is 0 Å². The van der Waals surface area contributed by atoms with Gasteiger partial charge in [0, 0.05) is 42.2 Å². The van der Waals surface area contributed by atoms with Crippen molar-refractivity contribution in [3.05, 3.63) is 54.5 Å². The Labute approximate surface area is 193 Å². The summed E-state index contributed by atoms with van der Waals surface area (Å²) in [6.07, 6.45) is -1.38. The molecule has 4 rings (SSSR count). The van der Waals surface area contributed by atoms with Crippen molar-refractivity contribution in [1.82, 2.24) is 19.9 Å². The van der Waals surface area contributed by atoms with E-state index in [9.17, 15) is 26.8 Å². The molecule has 3 aromatic rings. The number of carbonyl (C=O) groups is 2. The lowest BCUT2D eigenvalue weighted by molar-refractivity contribution is -0.130. The molecule has 1 aromatic heterocycles. The third kappa shape index (κ3) is 5.02. The number of aromatic amines is 1. The normalized spacial score (nSPS) is 18.4. The first-order chi connectivity index (χ1) is 16.1.